The van der Waals surface area contributed by atoms with E-state index in [1.165, 1.54) is 23.1 Å². The summed E-state index contributed by atoms with van der Waals surface area (Å²) in [7, 11) is -2.46. The quantitative estimate of drug-likeness (QED) is 0.203. The number of unbranched alkanes of at least 4 members (excludes halogenated alkanes) is 2. The molecule has 1 aromatic heterocycles. The Morgan fingerprint density at radius 1 is 1.21 bits per heavy atom. The van der Waals surface area contributed by atoms with Gasteiger partial charge in [-0.15, -0.1) is 22.3 Å². The van der Waals surface area contributed by atoms with Crippen molar-refractivity contribution in [1.82, 2.24) is 4.90 Å². The van der Waals surface area contributed by atoms with Crippen LogP contribution in [0.15, 0.2) is 56.5 Å². The molecule has 1 amide bonds. The Labute approximate surface area is 213 Å². The smallest absolute Gasteiger partial charge is 0.294 e. The van der Waals surface area contributed by atoms with Crippen LogP contribution in [0.25, 0.3) is 6.08 Å². The van der Waals surface area contributed by atoms with Gasteiger partial charge in [-0.1, -0.05) is 43.5 Å². The van der Waals surface area contributed by atoms with E-state index in [4.69, 9.17) is 21.1 Å². The zero-order valence-corrected chi connectivity index (χ0v) is 22.0. The fraction of sp³-hybridized carbons (Fsp3) is 0.304. The Bertz CT molecular complexity index is 1220. The molecule has 0 N–H and O–H groups in total. The Kier molecular flexibility index (Phi) is 9.24. The van der Waals surface area contributed by atoms with Crippen molar-refractivity contribution in [3.05, 3.63) is 57.8 Å². The summed E-state index contributed by atoms with van der Waals surface area (Å²) in [6.45, 7) is 6.50. The fourth-order valence-electron chi connectivity index (χ4n) is 3.03. The van der Waals surface area contributed by atoms with Gasteiger partial charge in [0.25, 0.3) is 15.9 Å². The minimum atomic E-state index is -4.01. The van der Waals surface area contributed by atoms with E-state index in [1.54, 1.807) is 25.3 Å². The van der Waals surface area contributed by atoms with Crippen LogP contribution in [0.4, 0.5) is 0 Å². The number of amides is 1. The molecule has 0 aliphatic carbocycles. The van der Waals surface area contributed by atoms with E-state index in [2.05, 4.69) is 17.9 Å². The fourth-order valence-corrected chi connectivity index (χ4v) is 6.68. The van der Waals surface area contributed by atoms with Gasteiger partial charge in [0.2, 0.25) is 0 Å². The minimum absolute atomic E-state index is 0.00768. The number of amidine groups is 1. The molecule has 0 spiro atoms. The highest BCUT2D eigenvalue weighted by atomic mass is 35.5. The van der Waals surface area contributed by atoms with E-state index in [1.807, 2.05) is 6.07 Å². The third-order valence-corrected chi connectivity index (χ3v) is 8.78. The van der Waals surface area contributed by atoms with Crippen molar-refractivity contribution in [3.8, 4) is 11.5 Å². The first-order chi connectivity index (χ1) is 16.3. The molecule has 182 valence electrons. The van der Waals surface area contributed by atoms with Crippen LogP contribution in [0.3, 0.4) is 0 Å². The van der Waals surface area contributed by atoms with E-state index < -0.39 is 10.0 Å². The molecule has 0 radical (unpaired) electrons. The summed E-state index contributed by atoms with van der Waals surface area (Å²) in [6.07, 6.45) is 6.34. The molecule has 34 heavy (non-hydrogen) atoms. The first-order valence-corrected chi connectivity index (χ1v) is 14.0. The first kappa shape index (κ1) is 26.3. The number of carbonyl (C=O) groups excluding carboxylic acids is 1. The van der Waals surface area contributed by atoms with Gasteiger partial charge < -0.3 is 9.47 Å². The second-order valence-electron chi connectivity index (χ2n) is 7.19. The zero-order valence-electron chi connectivity index (χ0n) is 18.8. The van der Waals surface area contributed by atoms with E-state index in [0.717, 1.165) is 42.4 Å². The van der Waals surface area contributed by atoms with Crippen LogP contribution in [0.5, 0.6) is 11.5 Å². The molecular weight excluding hydrogens is 516 g/mol. The number of hydrogen-bond donors (Lipinski definition) is 0. The number of sulfonamides is 1. The number of hydrogen-bond acceptors (Lipinski definition) is 7. The largest absolute Gasteiger partial charge is 0.493 e. The Morgan fingerprint density at radius 3 is 2.65 bits per heavy atom. The molecule has 7 nitrogen and oxygen atoms in total. The molecule has 0 atom stereocenters. The van der Waals surface area contributed by atoms with Gasteiger partial charge in [0, 0.05) is 6.54 Å². The van der Waals surface area contributed by atoms with Crippen molar-refractivity contribution in [3.63, 3.8) is 0 Å². The maximum atomic E-state index is 13.0. The summed E-state index contributed by atoms with van der Waals surface area (Å²) in [4.78, 5) is 14.6. The van der Waals surface area contributed by atoms with Gasteiger partial charge >= 0.3 is 0 Å². The summed E-state index contributed by atoms with van der Waals surface area (Å²) < 4.78 is 40.9. The maximum absolute atomic E-state index is 13.0. The van der Waals surface area contributed by atoms with Gasteiger partial charge in [-0.25, -0.2) is 0 Å². The Balaban J connectivity index is 1.87. The molecule has 3 rings (SSSR count). The molecule has 1 aliphatic heterocycles. The summed E-state index contributed by atoms with van der Waals surface area (Å²) in [5, 5.41) is 0.0588. The molecule has 1 saturated heterocycles. The third-order valence-electron chi connectivity index (χ3n) is 4.69. The third kappa shape index (κ3) is 6.44. The zero-order chi connectivity index (χ0) is 24.7. The Morgan fingerprint density at radius 2 is 2.00 bits per heavy atom. The lowest BCUT2D eigenvalue weighted by Gasteiger charge is -2.12. The highest BCUT2D eigenvalue weighted by Crippen LogP contribution is 2.36. The molecule has 11 heteroatoms. The van der Waals surface area contributed by atoms with Crippen LogP contribution in [0.2, 0.25) is 4.34 Å². The Hall–Kier alpha value is -2.27. The van der Waals surface area contributed by atoms with Crippen LogP contribution in [-0.2, 0) is 14.8 Å². The monoisotopic (exact) mass is 540 g/mol. The van der Waals surface area contributed by atoms with Crippen molar-refractivity contribution < 1.29 is 22.7 Å². The lowest BCUT2D eigenvalue weighted by Crippen LogP contribution is -2.29. The van der Waals surface area contributed by atoms with Crippen molar-refractivity contribution >= 4 is 61.9 Å². The van der Waals surface area contributed by atoms with Crippen LogP contribution in [-0.4, -0.2) is 44.7 Å². The highest BCUT2D eigenvalue weighted by molar-refractivity contribution is 8.19. The van der Waals surface area contributed by atoms with Gasteiger partial charge in [-0.05, 0) is 54.1 Å². The van der Waals surface area contributed by atoms with Crippen LogP contribution >= 0.6 is 34.7 Å². The summed E-state index contributed by atoms with van der Waals surface area (Å²) >= 11 is 7.76. The number of carbonyl (C=O) groups is 1. The predicted octanol–water partition coefficient (Wildman–Crippen LogP) is 5.83. The van der Waals surface area contributed by atoms with Gasteiger partial charge in [0.15, 0.2) is 16.7 Å². The van der Waals surface area contributed by atoms with Gasteiger partial charge in [-0.2, -0.15) is 8.42 Å². The molecule has 0 bridgehead atoms. The predicted molar refractivity (Wildman–Crippen MR) is 139 cm³/mol. The van der Waals surface area contributed by atoms with E-state index in [-0.39, 0.29) is 21.8 Å². The molecule has 0 saturated carbocycles. The molecular formula is C23H25ClN2O5S3. The number of benzene rings is 1. The normalized spacial score (nSPS) is 16.4. The van der Waals surface area contributed by atoms with Gasteiger partial charge in [0.1, 0.15) is 4.21 Å². The SMILES string of the molecule is C=CCN1C(=O)/C(=C/c2ccc(OCCCCC)c(OC)c2)SC1=NS(=O)(=O)c1ccc(Cl)s1. The second-order valence-corrected chi connectivity index (χ2v) is 11.7. The lowest BCUT2D eigenvalue weighted by atomic mass is 10.2. The number of thiophene rings is 1. The number of methoxy groups -OCH3 is 1. The number of ether oxygens (including phenoxy) is 2. The average molecular weight is 541 g/mol. The van der Waals surface area contributed by atoms with E-state index in [0.29, 0.717) is 32.9 Å². The van der Waals surface area contributed by atoms with Crippen molar-refractivity contribution in [2.75, 3.05) is 20.3 Å². The van der Waals surface area contributed by atoms with E-state index in [9.17, 15) is 13.2 Å². The van der Waals surface area contributed by atoms with Crippen molar-refractivity contribution in [2.24, 2.45) is 4.40 Å². The van der Waals surface area contributed by atoms with Crippen LogP contribution < -0.4 is 9.47 Å². The molecule has 2 aromatic rings. The van der Waals surface area contributed by atoms with Crippen LogP contribution in [0.1, 0.15) is 31.7 Å². The number of halogens is 1. The lowest BCUT2D eigenvalue weighted by molar-refractivity contribution is -0.121. The summed E-state index contributed by atoms with van der Waals surface area (Å²) in [6, 6.07) is 8.26. The second kappa shape index (κ2) is 11.9. The standard InChI is InChI=1S/C23H25ClN2O5S3/c1-4-6-7-13-31-17-9-8-16(14-18(17)30-3)15-19-22(27)26(12-5-2)23(32-19)25-34(28,29)21-11-10-20(24)33-21/h5,8-11,14-15H,2,4,6-7,12-13H2,1,3H3/b19-15-,25-23?. The first-order valence-electron chi connectivity index (χ1n) is 10.5. The molecule has 1 aliphatic rings. The maximum Gasteiger partial charge on any atom is 0.294 e. The number of nitrogens with zero attached hydrogens (tertiary/aromatic N) is 2. The summed E-state index contributed by atoms with van der Waals surface area (Å²) in [5.41, 5.74) is 0.710. The van der Waals surface area contributed by atoms with Gasteiger partial charge in [0.05, 0.1) is 23.0 Å². The minimum Gasteiger partial charge on any atom is -0.493 e. The van der Waals surface area contributed by atoms with Gasteiger partial charge in [-0.3, -0.25) is 9.69 Å². The van der Waals surface area contributed by atoms with Crippen molar-refractivity contribution in [2.45, 2.75) is 30.4 Å². The molecule has 1 aromatic carbocycles. The summed E-state index contributed by atoms with van der Waals surface area (Å²) in [5.74, 6) is 0.819. The molecule has 1 fully saturated rings. The topological polar surface area (TPSA) is 85.3 Å². The number of thioether (sulfide) groups is 1. The van der Waals surface area contributed by atoms with Crippen LogP contribution in [0, 0.1) is 0 Å². The van der Waals surface area contributed by atoms with Crippen molar-refractivity contribution in [1.29, 1.82) is 0 Å². The highest BCUT2D eigenvalue weighted by Gasteiger charge is 2.34. The molecule has 0 unspecified atom stereocenters. The van der Waals surface area contributed by atoms with E-state index >= 15 is 0 Å². The number of rotatable bonds is 11. The molecule has 2 heterocycles. The average Bonchev–Trinajstić information content (AvgIpc) is 3.37.